The van der Waals surface area contributed by atoms with E-state index in [-0.39, 0.29) is 24.5 Å². The lowest BCUT2D eigenvalue weighted by atomic mass is 10.1. The van der Waals surface area contributed by atoms with Crippen LogP contribution in [-0.2, 0) is 11.3 Å². The number of nitrogens with two attached hydrogens (primary N) is 1. The molecule has 2 rings (SSSR count). The Morgan fingerprint density at radius 1 is 1.30 bits per heavy atom. The maximum atomic E-state index is 12.0. The molecule has 126 valence electrons. The van der Waals surface area contributed by atoms with Gasteiger partial charge in [-0.1, -0.05) is 18.2 Å². The number of hydrogen-bond donors (Lipinski definition) is 3. The summed E-state index contributed by atoms with van der Waals surface area (Å²) in [6.45, 7) is 2.23. The molecular formula is C16H24N4O3. The highest BCUT2D eigenvalue weighted by Gasteiger charge is 2.21. The highest BCUT2D eigenvalue weighted by atomic mass is 16.5. The third kappa shape index (κ3) is 5.45. The molecule has 0 bridgehead atoms. The molecule has 23 heavy (non-hydrogen) atoms. The van der Waals surface area contributed by atoms with Gasteiger partial charge in [0.15, 0.2) is 0 Å². The van der Waals surface area contributed by atoms with E-state index in [1.165, 1.54) is 0 Å². The fourth-order valence-corrected chi connectivity index (χ4v) is 2.72. The van der Waals surface area contributed by atoms with Gasteiger partial charge in [0.2, 0.25) is 5.91 Å². The van der Waals surface area contributed by atoms with E-state index in [1.807, 2.05) is 29.2 Å². The van der Waals surface area contributed by atoms with Crippen LogP contribution in [0.15, 0.2) is 24.3 Å². The summed E-state index contributed by atoms with van der Waals surface area (Å²) in [5.41, 5.74) is 6.12. The van der Waals surface area contributed by atoms with Gasteiger partial charge in [-0.05, 0) is 18.9 Å². The Bertz CT molecular complexity index is 542. The minimum Gasteiger partial charge on any atom is -0.496 e. The molecule has 0 aliphatic carbocycles. The van der Waals surface area contributed by atoms with Crippen molar-refractivity contribution < 1.29 is 14.3 Å². The molecule has 1 aromatic rings. The number of ether oxygens (including phenoxy) is 1. The maximum Gasteiger partial charge on any atom is 0.315 e. The van der Waals surface area contributed by atoms with Crippen LogP contribution in [0.2, 0.25) is 0 Å². The number of piperidine rings is 1. The molecule has 1 aliphatic heterocycles. The normalized spacial score (nSPS) is 15.9. The lowest BCUT2D eigenvalue weighted by Gasteiger charge is -2.31. The highest BCUT2D eigenvalue weighted by Crippen LogP contribution is 2.16. The quantitative estimate of drug-likeness (QED) is 0.709. The predicted molar refractivity (Wildman–Crippen MR) is 87.0 cm³/mol. The van der Waals surface area contributed by atoms with Gasteiger partial charge >= 0.3 is 6.03 Å². The predicted octanol–water partition coefficient (Wildman–Crippen LogP) is 0.444. The van der Waals surface area contributed by atoms with Crippen LogP contribution in [0.4, 0.5) is 4.79 Å². The lowest BCUT2D eigenvalue weighted by Crippen LogP contribution is -2.49. The number of nitrogens with zero attached hydrogens (tertiary/aromatic N) is 1. The molecular weight excluding hydrogens is 296 g/mol. The standard InChI is InChI=1S/C16H24N4O3/c1-23-14-5-3-2-4-12(14)10-18-16(22)19-13-6-8-20(9-7-13)11-15(17)21/h2-5,13H,6-11H2,1H3,(H2,17,21)(H2,18,19,22). The SMILES string of the molecule is COc1ccccc1CNC(=O)NC1CCN(CC(N)=O)CC1. The van der Waals surface area contributed by atoms with Crippen LogP contribution >= 0.6 is 0 Å². The molecule has 1 aromatic carbocycles. The van der Waals surface area contributed by atoms with Crippen LogP contribution in [0.3, 0.4) is 0 Å². The number of amides is 3. The van der Waals surface area contributed by atoms with Crippen LogP contribution in [0, 0.1) is 0 Å². The number of likely N-dealkylation sites (tertiary alicyclic amines) is 1. The van der Waals surface area contributed by atoms with Gasteiger partial charge in [0.25, 0.3) is 0 Å². The van der Waals surface area contributed by atoms with Gasteiger partial charge in [-0.15, -0.1) is 0 Å². The summed E-state index contributed by atoms with van der Waals surface area (Å²) < 4.78 is 5.26. The number of nitrogens with one attached hydrogen (secondary N) is 2. The topological polar surface area (TPSA) is 96.7 Å². The average Bonchev–Trinajstić information content (AvgIpc) is 2.54. The van der Waals surface area contributed by atoms with Gasteiger partial charge in [-0.25, -0.2) is 4.79 Å². The number of methoxy groups -OCH3 is 1. The first kappa shape index (κ1) is 17.1. The molecule has 1 fully saturated rings. The highest BCUT2D eigenvalue weighted by molar-refractivity contribution is 5.76. The van der Waals surface area contributed by atoms with Crippen molar-refractivity contribution in [1.29, 1.82) is 0 Å². The third-order valence-electron chi connectivity index (χ3n) is 3.93. The molecule has 0 unspecified atom stereocenters. The number of primary amides is 1. The second-order valence-electron chi connectivity index (χ2n) is 5.66. The molecule has 0 radical (unpaired) electrons. The van der Waals surface area contributed by atoms with E-state index < -0.39 is 0 Å². The van der Waals surface area contributed by atoms with E-state index in [0.717, 1.165) is 37.2 Å². The smallest absolute Gasteiger partial charge is 0.315 e. The molecule has 1 aliphatic rings. The second-order valence-corrected chi connectivity index (χ2v) is 5.66. The Labute approximate surface area is 136 Å². The fourth-order valence-electron chi connectivity index (χ4n) is 2.72. The minimum atomic E-state index is -0.314. The van der Waals surface area contributed by atoms with Crippen molar-refractivity contribution in [2.75, 3.05) is 26.7 Å². The van der Waals surface area contributed by atoms with Crippen molar-refractivity contribution in [1.82, 2.24) is 15.5 Å². The first-order valence-electron chi connectivity index (χ1n) is 7.75. The van der Waals surface area contributed by atoms with E-state index >= 15 is 0 Å². The van der Waals surface area contributed by atoms with Crippen molar-refractivity contribution in [3.63, 3.8) is 0 Å². The molecule has 7 heteroatoms. The van der Waals surface area contributed by atoms with Gasteiger partial charge in [0.05, 0.1) is 13.7 Å². The van der Waals surface area contributed by atoms with Crippen molar-refractivity contribution in [3.8, 4) is 5.75 Å². The molecule has 0 spiro atoms. The molecule has 1 heterocycles. The van der Waals surface area contributed by atoms with E-state index in [0.29, 0.717) is 6.54 Å². The van der Waals surface area contributed by atoms with Gasteiger partial charge < -0.3 is 21.1 Å². The third-order valence-corrected chi connectivity index (χ3v) is 3.93. The number of benzene rings is 1. The average molecular weight is 320 g/mol. The van der Waals surface area contributed by atoms with Crippen LogP contribution < -0.4 is 21.1 Å². The monoisotopic (exact) mass is 320 g/mol. The van der Waals surface area contributed by atoms with Crippen LogP contribution in [-0.4, -0.2) is 49.6 Å². The Balaban J connectivity index is 1.72. The Hall–Kier alpha value is -2.28. The van der Waals surface area contributed by atoms with E-state index in [1.54, 1.807) is 7.11 Å². The van der Waals surface area contributed by atoms with Crippen LogP contribution in [0.1, 0.15) is 18.4 Å². The first-order valence-corrected chi connectivity index (χ1v) is 7.75. The number of para-hydroxylation sites is 1. The van der Waals surface area contributed by atoms with Crippen LogP contribution in [0.25, 0.3) is 0 Å². The molecule has 0 aromatic heterocycles. The number of carbonyl (C=O) groups is 2. The van der Waals surface area contributed by atoms with Gasteiger partial charge in [-0.3, -0.25) is 9.69 Å². The Morgan fingerprint density at radius 2 is 2.00 bits per heavy atom. The molecule has 1 saturated heterocycles. The largest absolute Gasteiger partial charge is 0.496 e. The number of hydrogen-bond acceptors (Lipinski definition) is 4. The van der Waals surface area contributed by atoms with Gasteiger partial charge in [0, 0.05) is 31.2 Å². The molecule has 4 N–H and O–H groups in total. The Kier molecular flexibility index (Phi) is 6.22. The maximum absolute atomic E-state index is 12.0. The summed E-state index contributed by atoms with van der Waals surface area (Å²) in [6.07, 6.45) is 1.63. The summed E-state index contributed by atoms with van der Waals surface area (Å²) in [4.78, 5) is 24.9. The van der Waals surface area contributed by atoms with Gasteiger partial charge in [-0.2, -0.15) is 0 Å². The Morgan fingerprint density at radius 3 is 2.65 bits per heavy atom. The molecule has 0 atom stereocenters. The minimum absolute atomic E-state index is 0.122. The number of rotatable bonds is 6. The summed E-state index contributed by atoms with van der Waals surface area (Å²) in [7, 11) is 1.61. The van der Waals surface area contributed by atoms with Crippen molar-refractivity contribution in [2.24, 2.45) is 5.73 Å². The number of carbonyl (C=O) groups excluding carboxylic acids is 2. The summed E-state index contributed by atoms with van der Waals surface area (Å²) >= 11 is 0. The van der Waals surface area contributed by atoms with E-state index in [9.17, 15) is 9.59 Å². The van der Waals surface area contributed by atoms with Crippen molar-refractivity contribution >= 4 is 11.9 Å². The molecule has 3 amide bonds. The van der Waals surface area contributed by atoms with E-state index in [2.05, 4.69) is 10.6 Å². The fraction of sp³-hybridized carbons (Fsp3) is 0.500. The molecule has 0 saturated carbocycles. The zero-order chi connectivity index (χ0) is 16.7. The zero-order valence-corrected chi connectivity index (χ0v) is 13.4. The second kappa shape index (κ2) is 8.38. The van der Waals surface area contributed by atoms with Gasteiger partial charge in [0.1, 0.15) is 5.75 Å². The summed E-state index contributed by atoms with van der Waals surface area (Å²) in [6, 6.07) is 7.51. The van der Waals surface area contributed by atoms with Crippen molar-refractivity contribution in [2.45, 2.75) is 25.4 Å². The van der Waals surface area contributed by atoms with E-state index in [4.69, 9.17) is 10.5 Å². The summed E-state index contributed by atoms with van der Waals surface area (Å²) in [5.74, 6) is 0.443. The van der Waals surface area contributed by atoms with Crippen molar-refractivity contribution in [3.05, 3.63) is 29.8 Å². The first-order chi connectivity index (χ1) is 11.1. The molecule has 7 nitrogen and oxygen atoms in total. The number of urea groups is 1. The zero-order valence-electron chi connectivity index (χ0n) is 13.4. The van der Waals surface area contributed by atoms with Crippen LogP contribution in [0.5, 0.6) is 5.75 Å². The summed E-state index contributed by atoms with van der Waals surface area (Å²) in [5, 5.41) is 5.81. The lowest BCUT2D eigenvalue weighted by molar-refractivity contribution is -0.119.